The summed E-state index contributed by atoms with van der Waals surface area (Å²) in [5.74, 6) is 0. The molecule has 0 atom stereocenters. The van der Waals surface area contributed by atoms with Crippen molar-refractivity contribution in [1.29, 1.82) is 0 Å². The molecule has 84 valence electrons. The van der Waals surface area contributed by atoms with Gasteiger partial charge in [-0.25, -0.2) is 0 Å². The van der Waals surface area contributed by atoms with Crippen molar-refractivity contribution < 1.29 is 13.2 Å². The molecule has 0 aliphatic heterocycles. The van der Waals surface area contributed by atoms with Crippen molar-refractivity contribution in [3.63, 3.8) is 0 Å². The predicted octanol–water partition coefficient (Wildman–Crippen LogP) is 3.99. The Kier molecular flexibility index (Phi) is 2.76. The zero-order valence-corrected chi connectivity index (χ0v) is 8.81. The van der Waals surface area contributed by atoms with Gasteiger partial charge in [0.05, 0.1) is 17.0 Å². The van der Waals surface area contributed by atoms with E-state index in [0.29, 0.717) is 15.9 Å². The molecule has 0 aliphatic carbocycles. The largest absolute Gasteiger partial charge is 0.393 e. The lowest BCUT2D eigenvalue weighted by molar-refractivity contribution is -0.127. The van der Waals surface area contributed by atoms with Gasteiger partial charge < -0.3 is 0 Å². The van der Waals surface area contributed by atoms with Crippen LogP contribution in [0.5, 0.6) is 0 Å². The van der Waals surface area contributed by atoms with E-state index in [9.17, 15) is 13.2 Å². The number of rotatable bonds is 1. The van der Waals surface area contributed by atoms with E-state index in [2.05, 4.69) is 4.98 Å². The first-order valence-electron chi connectivity index (χ1n) is 4.55. The van der Waals surface area contributed by atoms with E-state index in [1.165, 1.54) is 18.3 Å². The standard InChI is InChI=1S/C11H7ClF3N/c12-9-3-4-16-10-2-1-7(5-8(9)10)6-11(13,14)15/h1-5H,6H2. The smallest absolute Gasteiger partial charge is 0.256 e. The van der Waals surface area contributed by atoms with E-state index < -0.39 is 12.6 Å². The molecule has 0 fully saturated rings. The van der Waals surface area contributed by atoms with Gasteiger partial charge in [-0.2, -0.15) is 13.2 Å². The SMILES string of the molecule is FC(F)(F)Cc1ccc2nccc(Cl)c2c1. The monoisotopic (exact) mass is 245 g/mol. The third-order valence-corrected chi connectivity index (χ3v) is 2.49. The van der Waals surface area contributed by atoms with Crippen LogP contribution in [0.3, 0.4) is 0 Å². The first kappa shape index (κ1) is 11.2. The van der Waals surface area contributed by atoms with Gasteiger partial charge in [0, 0.05) is 11.6 Å². The van der Waals surface area contributed by atoms with E-state index in [1.807, 2.05) is 0 Å². The van der Waals surface area contributed by atoms with Crippen LogP contribution in [-0.2, 0) is 6.42 Å². The lowest BCUT2D eigenvalue weighted by atomic mass is 10.1. The maximum Gasteiger partial charge on any atom is 0.393 e. The highest BCUT2D eigenvalue weighted by atomic mass is 35.5. The molecule has 5 heteroatoms. The van der Waals surface area contributed by atoms with Crippen molar-refractivity contribution in [1.82, 2.24) is 4.98 Å². The number of halogens is 4. The summed E-state index contributed by atoms with van der Waals surface area (Å²) in [5, 5.41) is 0.958. The topological polar surface area (TPSA) is 12.9 Å². The molecule has 16 heavy (non-hydrogen) atoms. The molecule has 0 amide bonds. The average Bonchev–Trinajstić information content (AvgIpc) is 2.17. The first-order valence-corrected chi connectivity index (χ1v) is 4.93. The van der Waals surface area contributed by atoms with Crippen molar-refractivity contribution in [2.24, 2.45) is 0 Å². The summed E-state index contributed by atoms with van der Waals surface area (Å²) in [4.78, 5) is 4.01. The highest BCUT2D eigenvalue weighted by Gasteiger charge is 2.27. The minimum Gasteiger partial charge on any atom is -0.256 e. The Morgan fingerprint density at radius 1 is 1.19 bits per heavy atom. The van der Waals surface area contributed by atoms with Crippen molar-refractivity contribution in [2.45, 2.75) is 12.6 Å². The molecule has 0 saturated carbocycles. The molecular formula is C11H7ClF3N. The number of benzene rings is 1. The van der Waals surface area contributed by atoms with Crippen LogP contribution in [0.2, 0.25) is 5.02 Å². The third-order valence-electron chi connectivity index (χ3n) is 2.16. The maximum atomic E-state index is 12.2. The molecule has 0 N–H and O–H groups in total. The second-order valence-corrected chi connectivity index (χ2v) is 3.84. The van der Waals surface area contributed by atoms with Crippen molar-refractivity contribution in [3.05, 3.63) is 41.0 Å². The number of nitrogens with zero attached hydrogens (tertiary/aromatic N) is 1. The summed E-state index contributed by atoms with van der Waals surface area (Å²) in [5.41, 5.74) is 0.785. The van der Waals surface area contributed by atoms with Crippen molar-refractivity contribution in [3.8, 4) is 0 Å². The molecule has 2 aromatic rings. The lowest BCUT2D eigenvalue weighted by Crippen LogP contribution is -2.11. The van der Waals surface area contributed by atoms with E-state index in [4.69, 9.17) is 11.6 Å². The summed E-state index contributed by atoms with van der Waals surface area (Å²) < 4.78 is 36.6. The number of alkyl halides is 3. The molecule has 0 saturated heterocycles. The van der Waals surface area contributed by atoms with E-state index >= 15 is 0 Å². The quantitative estimate of drug-likeness (QED) is 0.740. The molecule has 1 heterocycles. The Labute approximate surface area is 94.9 Å². The molecule has 2 rings (SSSR count). The predicted molar refractivity (Wildman–Crippen MR) is 56.5 cm³/mol. The van der Waals surface area contributed by atoms with Crippen LogP contribution < -0.4 is 0 Å². The van der Waals surface area contributed by atoms with E-state index in [1.54, 1.807) is 12.1 Å². The highest BCUT2D eigenvalue weighted by Crippen LogP contribution is 2.26. The van der Waals surface area contributed by atoms with Gasteiger partial charge in [0.15, 0.2) is 0 Å². The Bertz CT molecular complexity index is 522. The summed E-state index contributed by atoms with van der Waals surface area (Å²) in [6.45, 7) is 0. The van der Waals surface area contributed by atoms with Crippen LogP contribution >= 0.6 is 11.6 Å². The van der Waals surface area contributed by atoms with Crippen LogP contribution in [-0.4, -0.2) is 11.2 Å². The second kappa shape index (κ2) is 3.94. The van der Waals surface area contributed by atoms with Gasteiger partial charge >= 0.3 is 6.18 Å². The molecule has 1 aromatic carbocycles. The fourth-order valence-electron chi connectivity index (χ4n) is 1.50. The summed E-state index contributed by atoms with van der Waals surface area (Å²) in [6.07, 6.45) is -3.63. The van der Waals surface area contributed by atoms with Crippen LogP contribution in [0.1, 0.15) is 5.56 Å². The zero-order valence-electron chi connectivity index (χ0n) is 8.05. The van der Waals surface area contributed by atoms with Gasteiger partial charge in [0.1, 0.15) is 0 Å². The van der Waals surface area contributed by atoms with Crippen LogP contribution in [0.15, 0.2) is 30.5 Å². The van der Waals surface area contributed by atoms with E-state index in [-0.39, 0.29) is 5.56 Å². The molecule has 0 bridgehead atoms. The number of pyridine rings is 1. The normalized spacial score (nSPS) is 12.0. The number of aromatic nitrogens is 1. The molecule has 1 aromatic heterocycles. The average molecular weight is 246 g/mol. The second-order valence-electron chi connectivity index (χ2n) is 3.44. The zero-order chi connectivity index (χ0) is 11.8. The fraction of sp³-hybridized carbons (Fsp3) is 0.182. The van der Waals surface area contributed by atoms with Gasteiger partial charge in [-0.05, 0) is 23.8 Å². The summed E-state index contributed by atoms with van der Waals surface area (Å²) in [7, 11) is 0. The van der Waals surface area contributed by atoms with Crippen molar-refractivity contribution >= 4 is 22.5 Å². The van der Waals surface area contributed by atoms with E-state index in [0.717, 1.165) is 0 Å². The van der Waals surface area contributed by atoms with Gasteiger partial charge in [0.25, 0.3) is 0 Å². The minimum absolute atomic E-state index is 0.190. The Hall–Kier alpha value is -1.29. The molecule has 1 nitrogen and oxygen atoms in total. The van der Waals surface area contributed by atoms with Gasteiger partial charge in [-0.1, -0.05) is 17.7 Å². The maximum absolute atomic E-state index is 12.2. The third kappa shape index (κ3) is 2.44. The molecule has 0 aliphatic rings. The minimum atomic E-state index is -4.21. The summed E-state index contributed by atoms with van der Waals surface area (Å²) in [6, 6.07) is 5.95. The van der Waals surface area contributed by atoms with Gasteiger partial charge in [0.2, 0.25) is 0 Å². The fourth-order valence-corrected chi connectivity index (χ4v) is 1.71. The molecule has 0 unspecified atom stereocenters. The molecule has 0 spiro atoms. The lowest BCUT2D eigenvalue weighted by Gasteiger charge is -2.07. The Balaban J connectivity index is 2.47. The van der Waals surface area contributed by atoms with Gasteiger partial charge in [-0.15, -0.1) is 0 Å². The molecular weight excluding hydrogens is 239 g/mol. The Morgan fingerprint density at radius 2 is 1.94 bits per heavy atom. The molecule has 0 radical (unpaired) electrons. The Morgan fingerprint density at radius 3 is 2.62 bits per heavy atom. The van der Waals surface area contributed by atoms with Crippen LogP contribution in [0, 0.1) is 0 Å². The highest BCUT2D eigenvalue weighted by molar-refractivity contribution is 6.35. The van der Waals surface area contributed by atoms with Crippen molar-refractivity contribution in [2.75, 3.05) is 0 Å². The van der Waals surface area contributed by atoms with Gasteiger partial charge in [-0.3, -0.25) is 4.98 Å². The van der Waals surface area contributed by atoms with Crippen LogP contribution in [0.25, 0.3) is 10.9 Å². The van der Waals surface area contributed by atoms with Crippen LogP contribution in [0.4, 0.5) is 13.2 Å². The number of hydrogen-bond donors (Lipinski definition) is 0. The number of hydrogen-bond acceptors (Lipinski definition) is 1. The number of fused-ring (bicyclic) bond motifs is 1. The summed E-state index contributed by atoms with van der Waals surface area (Å²) >= 11 is 5.88. The first-order chi connectivity index (χ1) is 7.46.